The molecule has 0 aromatic heterocycles. The van der Waals surface area contributed by atoms with Gasteiger partial charge in [-0.3, -0.25) is 0 Å². The lowest BCUT2D eigenvalue weighted by Gasteiger charge is -2.35. The summed E-state index contributed by atoms with van der Waals surface area (Å²) >= 11 is 0. The molecule has 0 radical (unpaired) electrons. The van der Waals surface area contributed by atoms with Gasteiger partial charge in [-0.1, -0.05) is 0 Å². The molecule has 2 unspecified atom stereocenters. The lowest BCUT2D eigenvalue weighted by molar-refractivity contribution is 0.151. The summed E-state index contributed by atoms with van der Waals surface area (Å²) in [5.74, 6) is 0. The molecule has 16 heavy (non-hydrogen) atoms. The van der Waals surface area contributed by atoms with Crippen molar-refractivity contribution in [2.75, 3.05) is 6.61 Å². The van der Waals surface area contributed by atoms with Gasteiger partial charge < -0.3 is 20.9 Å². The largest absolute Gasteiger partial charge is 0.479 e. The van der Waals surface area contributed by atoms with Gasteiger partial charge in [0.1, 0.15) is 0 Å². The first-order valence-corrected chi connectivity index (χ1v) is 13.8. The quantitative estimate of drug-likeness (QED) is 0.597. The highest BCUT2D eigenvalue weighted by molar-refractivity contribution is 6.77. The van der Waals surface area contributed by atoms with Crippen LogP contribution >= 0.6 is 0 Å². The van der Waals surface area contributed by atoms with Crippen LogP contribution in [-0.2, 0) is 20.9 Å². The lowest BCUT2D eigenvalue weighted by atomic mass is 10.9. The third-order valence-electron chi connectivity index (χ3n) is 1.93. The lowest BCUT2D eigenvalue weighted by Crippen LogP contribution is -2.54. The van der Waals surface area contributed by atoms with E-state index in [1.807, 2.05) is 33.1 Å². The number of hydrogen-bond acceptors (Lipinski definition) is 5. The van der Waals surface area contributed by atoms with Crippen LogP contribution in [0, 0.1) is 0 Å². The highest BCUT2D eigenvalue weighted by Crippen LogP contribution is 2.17. The SMILES string of the molecule is CCO[Si]1(C)O[SiH](C)O[SiH](C)O[SiH](C)O1.[SiH4]. The Bertz CT molecular complexity index is 194. The van der Waals surface area contributed by atoms with Gasteiger partial charge in [0, 0.05) is 13.2 Å². The van der Waals surface area contributed by atoms with Crippen LogP contribution in [0.2, 0.25) is 26.2 Å². The minimum Gasteiger partial charge on any atom is -0.420 e. The average Bonchev–Trinajstić information content (AvgIpc) is 1.99. The number of hydrogen-bond donors (Lipinski definition) is 0. The molecule has 10 heteroatoms. The molecule has 98 valence electrons. The second kappa shape index (κ2) is 7.35. The average molecular weight is 317 g/mol. The van der Waals surface area contributed by atoms with Crippen molar-refractivity contribution in [3.05, 3.63) is 0 Å². The number of rotatable bonds is 2. The topological polar surface area (TPSA) is 46.2 Å². The summed E-state index contributed by atoms with van der Waals surface area (Å²) < 4.78 is 28.8. The molecule has 0 aliphatic carbocycles. The van der Waals surface area contributed by atoms with Crippen molar-refractivity contribution >= 4 is 47.6 Å². The maximum atomic E-state index is 5.86. The van der Waals surface area contributed by atoms with Gasteiger partial charge in [-0.05, 0) is 37.5 Å². The van der Waals surface area contributed by atoms with Gasteiger partial charge in [0.15, 0.2) is 0 Å². The van der Waals surface area contributed by atoms with Crippen LogP contribution in [0.25, 0.3) is 0 Å². The van der Waals surface area contributed by atoms with Crippen molar-refractivity contribution in [3.8, 4) is 0 Å². The summed E-state index contributed by atoms with van der Waals surface area (Å²) in [6, 6.07) is 0. The van der Waals surface area contributed by atoms with Gasteiger partial charge in [0.05, 0.1) is 0 Å². The molecule has 1 aliphatic heterocycles. The molecule has 1 rings (SSSR count). The summed E-state index contributed by atoms with van der Waals surface area (Å²) in [4.78, 5) is 0. The van der Waals surface area contributed by atoms with Crippen molar-refractivity contribution in [3.63, 3.8) is 0 Å². The molecule has 0 bridgehead atoms. The predicted octanol–water partition coefficient (Wildman–Crippen LogP) is -1.23. The Labute approximate surface area is 108 Å². The van der Waals surface area contributed by atoms with Crippen LogP contribution in [0.3, 0.4) is 0 Å². The second-order valence-electron chi connectivity index (χ2n) is 3.51. The molecule has 1 fully saturated rings. The molecule has 1 aliphatic rings. The molecule has 1 heterocycles. The molecular formula is C6H24O5Si5. The van der Waals surface area contributed by atoms with E-state index < -0.39 is 36.7 Å². The summed E-state index contributed by atoms with van der Waals surface area (Å²) in [5.41, 5.74) is 0. The molecule has 0 spiro atoms. The Morgan fingerprint density at radius 3 is 1.81 bits per heavy atom. The monoisotopic (exact) mass is 316 g/mol. The van der Waals surface area contributed by atoms with Gasteiger partial charge >= 0.3 is 27.4 Å². The molecule has 0 N–H and O–H groups in total. The minimum atomic E-state index is -2.48. The molecule has 5 nitrogen and oxygen atoms in total. The van der Waals surface area contributed by atoms with Gasteiger partial charge in [0.25, 0.3) is 9.28 Å². The van der Waals surface area contributed by atoms with E-state index in [0.717, 1.165) is 0 Å². The van der Waals surface area contributed by atoms with E-state index in [0.29, 0.717) is 6.61 Å². The van der Waals surface area contributed by atoms with Crippen molar-refractivity contribution in [1.82, 2.24) is 0 Å². The maximum Gasteiger partial charge on any atom is 0.479 e. The zero-order valence-electron chi connectivity index (χ0n) is 9.98. The van der Waals surface area contributed by atoms with Crippen LogP contribution in [0.5, 0.6) is 0 Å². The summed E-state index contributed by atoms with van der Waals surface area (Å²) in [6.45, 7) is 10.5. The minimum absolute atomic E-state index is 0. The van der Waals surface area contributed by atoms with Crippen LogP contribution in [0.15, 0.2) is 0 Å². The fourth-order valence-corrected chi connectivity index (χ4v) is 14.8. The van der Waals surface area contributed by atoms with Crippen molar-refractivity contribution in [2.45, 2.75) is 33.1 Å². The van der Waals surface area contributed by atoms with E-state index in [4.69, 9.17) is 20.9 Å². The Hall–Kier alpha value is 0.884. The van der Waals surface area contributed by atoms with Crippen molar-refractivity contribution in [2.24, 2.45) is 0 Å². The van der Waals surface area contributed by atoms with Gasteiger partial charge in [0.2, 0.25) is 0 Å². The van der Waals surface area contributed by atoms with Crippen molar-refractivity contribution in [1.29, 1.82) is 0 Å². The molecular weight excluding hydrogens is 292 g/mol. The van der Waals surface area contributed by atoms with E-state index in [1.165, 1.54) is 0 Å². The Balaban J connectivity index is 0.00000225. The molecule has 0 saturated carbocycles. The molecule has 0 amide bonds. The predicted molar refractivity (Wildman–Crippen MR) is 78.0 cm³/mol. The standard InChI is InChI=1S/C6H20O5Si4.H4Si/c1-6-7-15(5)10-13(3)8-12(2)9-14(4)11-15;/h12-14H,6H2,1-5H3;1H4. The van der Waals surface area contributed by atoms with E-state index >= 15 is 0 Å². The summed E-state index contributed by atoms with van der Waals surface area (Å²) in [5, 5.41) is 0. The van der Waals surface area contributed by atoms with E-state index in [1.54, 1.807) is 0 Å². The zero-order chi connectivity index (χ0) is 11.5. The van der Waals surface area contributed by atoms with Gasteiger partial charge in [-0.15, -0.1) is 0 Å². The molecule has 0 aromatic carbocycles. The second-order valence-corrected chi connectivity index (χ2v) is 13.0. The molecule has 1 saturated heterocycles. The van der Waals surface area contributed by atoms with Crippen LogP contribution in [0.4, 0.5) is 0 Å². The van der Waals surface area contributed by atoms with Crippen LogP contribution in [0.1, 0.15) is 6.92 Å². The molecule has 0 aromatic rings. The zero-order valence-corrected chi connectivity index (χ0v) is 14.4. The first-order valence-electron chi connectivity index (χ1n) is 5.25. The van der Waals surface area contributed by atoms with Crippen LogP contribution < -0.4 is 0 Å². The first kappa shape index (κ1) is 16.9. The fraction of sp³-hybridized carbons (Fsp3) is 1.00. The smallest absolute Gasteiger partial charge is 0.420 e. The van der Waals surface area contributed by atoms with Gasteiger partial charge in [-0.25, -0.2) is 0 Å². The van der Waals surface area contributed by atoms with Crippen molar-refractivity contribution < 1.29 is 20.9 Å². The Kier molecular flexibility index (Phi) is 7.75. The first-order chi connectivity index (χ1) is 6.95. The fourth-order valence-electron chi connectivity index (χ4n) is 1.59. The van der Waals surface area contributed by atoms with Gasteiger partial charge in [-0.2, -0.15) is 0 Å². The van der Waals surface area contributed by atoms with Crippen LogP contribution in [-0.4, -0.2) is 54.2 Å². The Morgan fingerprint density at radius 2 is 1.44 bits per heavy atom. The highest BCUT2D eigenvalue weighted by atomic mass is 28.5. The summed E-state index contributed by atoms with van der Waals surface area (Å²) in [7, 11) is -7.28. The molecule has 2 atom stereocenters. The maximum absolute atomic E-state index is 5.86. The summed E-state index contributed by atoms with van der Waals surface area (Å²) in [6.07, 6.45) is 0. The van der Waals surface area contributed by atoms with E-state index in [2.05, 4.69) is 0 Å². The normalized spacial score (nSPS) is 40.7. The Morgan fingerprint density at radius 1 is 1.00 bits per heavy atom. The third kappa shape index (κ3) is 5.48. The van der Waals surface area contributed by atoms with E-state index in [-0.39, 0.29) is 11.0 Å². The third-order valence-corrected chi connectivity index (χ3v) is 15.0. The van der Waals surface area contributed by atoms with E-state index in [9.17, 15) is 0 Å². The highest BCUT2D eigenvalue weighted by Gasteiger charge is 2.41.